The predicted octanol–water partition coefficient (Wildman–Crippen LogP) is 8.12. The van der Waals surface area contributed by atoms with Gasteiger partial charge in [-0.3, -0.25) is 10.00 Å². The molecule has 2 N–H and O–H groups in total. The molecule has 0 radical (unpaired) electrons. The maximum absolute atomic E-state index is 8.00. The Kier molecular flexibility index (Phi) is 20.5. The first-order valence-electron chi connectivity index (χ1n) is 16.6. The van der Waals surface area contributed by atoms with E-state index in [4.69, 9.17) is 9.53 Å². The number of likely N-dealkylation sites (tertiary alicyclic amines) is 1. The highest BCUT2D eigenvalue weighted by atomic mass is 32.1. The van der Waals surface area contributed by atoms with Gasteiger partial charge in [0.25, 0.3) is 0 Å². The zero-order chi connectivity index (χ0) is 36.0. The number of hydrogen-bond donors (Lipinski definition) is 3. The van der Waals surface area contributed by atoms with Crippen molar-refractivity contribution in [3.63, 3.8) is 0 Å². The Bertz CT molecular complexity index is 1470. The van der Waals surface area contributed by atoms with E-state index >= 15 is 0 Å². The van der Waals surface area contributed by atoms with Crippen LogP contribution in [0.15, 0.2) is 103 Å². The summed E-state index contributed by atoms with van der Waals surface area (Å²) in [4.78, 5) is 17.1. The smallest absolute Gasteiger partial charge is 0.213 e. The second-order valence-electron chi connectivity index (χ2n) is 11.3. The molecule has 1 fully saturated rings. The molecule has 2 aromatic heterocycles. The molecule has 2 aliphatic heterocycles. The van der Waals surface area contributed by atoms with E-state index in [0.29, 0.717) is 11.3 Å². The first-order valence-corrected chi connectivity index (χ1v) is 17.1. The quantitative estimate of drug-likeness (QED) is 0.114. The molecule has 0 saturated carbocycles. The molecule has 262 valence electrons. The van der Waals surface area contributed by atoms with E-state index in [1.165, 1.54) is 37.2 Å². The SMILES string of the molecule is C=CCC1(CC)CCN(CC(=C)N2CC=C(/C(C=C)=C/S)CC2)C1.C=O.CC.CNC.COc1cc(-c2n[nH]c3ccccc23)ccn1. The standard InChI is InChI=1S/C21H32N2S.C13H11N3O.C2H7N.C2H6.CH2O/c1-5-10-21(7-3)11-14-22(17-21)15-18(4)23-12-8-20(9-13-23)19(6-2)16-24;1-17-12-8-9(6-7-14-12)13-10-4-2-3-5-11(10)15-16-13;1-3-2;2*1-2/h5-6,8,16,24H,1-2,4,7,9-15,17H2,3H3;2-8H,1H3,(H,15,16);3H,1-2H3;1-2H3;1H2/b19-16+;;;;. The second-order valence-corrected chi connectivity index (χ2v) is 11.6. The van der Waals surface area contributed by atoms with Gasteiger partial charge in [0, 0.05) is 55.1 Å². The summed E-state index contributed by atoms with van der Waals surface area (Å²) in [6.07, 6.45) is 12.7. The van der Waals surface area contributed by atoms with Crippen molar-refractivity contribution in [3.8, 4) is 17.1 Å². The molecular weight excluding hydrogens is 617 g/mol. The maximum Gasteiger partial charge on any atom is 0.213 e. The molecule has 5 rings (SSSR count). The fourth-order valence-corrected chi connectivity index (χ4v) is 6.03. The molecule has 0 spiro atoms. The number of nitrogens with one attached hydrogen (secondary N) is 2. The minimum absolute atomic E-state index is 0.438. The van der Waals surface area contributed by atoms with Crippen LogP contribution in [-0.2, 0) is 4.79 Å². The number of thiol groups is 1. The van der Waals surface area contributed by atoms with Crippen LogP contribution >= 0.6 is 12.6 Å². The van der Waals surface area contributed by atoms with E-state index in [-0.39, 0.29) is 0 Å². The van der Waals surface area contributed by atoms with Gasteiger partial charge in [0.2, 0.25) is 5.88 Å². The predicted molar refractivity (Wildman–Crippen MR) is 209 cm³/mol. The summed E-state index contributed by atoms with van der Waals surface area (Å²) in [5.41, 5.74) is 7.11. The second kappa shape index (κ2) is 23.4. The fraction of sp³-hybridized carbons (Fsp3) is 0.410. The summed E-state index contributed by atoms with van der Waals surface area (Å²) in [7, 11) is 5.36. The summed E-state index contributed by atoms with van der Waals surface area (Å²) in [5.74, 6) is 0.592. The molecule has 8 nitrogen and oxygen atoms in total. The van der Waals surface area contributed by atoms with Gasteiger partial charge in [-0.25, -0.2) is 4.98 Å². The molecule has 1 atom stereocenters. The van der Waals surface area contributed by atoms with Crippen LogP contribution in [0.25, 0.3) is 22.2 Å². The summed E-state index contributed by atoms with van der Waals surface area (Å²) in [6.45, 7) is 25.8. The molecular formula is C39H58N6O2S. The largest absolute Gasteiger partial charge is 0.481 e. The highest BCUT2D eigenvalue weighted by Crippen LogP contribution is 2.38. The Morgan fingerprint density at radius 2 is 1.88 bits per heavy atom. The Hall–Kier alpha value is -3.92. The number of nitrogens with zero attached hydrogens (tertiary/aromatic N) is 4. The van der Waals surface area contributed by atoms with Crippen LogP contribution in [0.4, 0.5) is 0 Å². The molecule has 1 aromatic carbocycles. The van der Waals surface area contributed by atoms with Crippen molar-refractivity contribution in [1.82, 2.24) is 30.3 Å². The number of aromatic nitrogens is 3. The van der Waals surface area contributed by atoms with E-state index in [2.05, 4.69) is 81.7 Å². The number of allylic oxidation sites excluding steroid dienone is 3. The van der Waals surface area contributed by atoms with Gasteiger partial charge >= 0.3 is 0 Å². The number of hydrogen-bond acceptors (Lipinski definition) is 8. The van der Waals surface area contributed by atoms with Crippen molar-refractivity contribution in [2.75, 3.05) is 53.9 Å². The molecule has 3 aromatic rings. The van der Waals surface area contributed by atoms with Crippen molar-refractivity contribution in [1.29, 1.82) is 0 Å². The van der Waals surface area contributed by atoms with E-state index in [1.54, 1.807) is 13.3 Å². The maximum atomic E-state index is 8.00. The number of pyridine rings is 1. The van der Waals surface area contributed by atoms with Gasteiger partial charge in [-0.1, -0.05) is 70.4 Å². The molecule has 9 heteroatoms. The number of carbonyl (C=O) groups excluding carboxylic acids is 1. The topological polar surface area (TPSA) is 86.4 Å². The van der Waals surface area contributed by atoms with Crippen LogP contribution in [0, 0.1) is 5.41 Å². The van der Waals surface area contributed by atoms with Crippen molar-refractivity contribution < 1.29 is 9.53 Å². The van der Waals surface area contributed by atoms with E-state index < -0.39 is 0 Å². The average Bonchev–Trinajstić information content (AvgIpc) is 3.76. The van der Waals surface area contributed by atoms with Crippen molar-refractivity contribution >= 4 is 30.3 Å². The minimum Gasteiger partial charge on any atom is -0.481 e. The zero-order valence-corrected chi connectivity index (χ0v) is 31.0. The van der Waals surface area contributed by atoms with Gasteiger partial charge in [-0.15, -0.1) is 6.58 Å². The summed E-state index contributed by atoms with van der Waals surface area (Å²) in [5, 5.41) is 13.0. The lowest BCUT2D eigenvalue weighted by molar-refractivity contribution is -0.0980. The van der Waals surface area contributed by atoms with Crippen molar-refractivity contribution in [2.24, 2.45) is 5.41 Å². The number of rotatable bonds is 10. The number of benzene rings is 1. The molecule has 4 heterocycles. The number of H-pyrrole nitrogens is 1. The van der Waals surface area contributed by atoms with Gasteiger partial charge in [0.05, 0.1) is 12.6 Å². The van der Waals surface area contributed by atoms with Gasteiger partial charge < -0.3 is 19.7 Å². The van der Waals surface area contributed by atoms with E-state index in [9.17, 15) is 0 Å². The first-order chi connectivity index (χ1) is 23.4. The lowest BCUT2D eigenvalue weighted by Crippen LogP contribution is -2.35. The Morgan fingerprint density at radius 1 is 1.17 bits per heavy atom. The van der Waals surface area contributed by atoms with Gasteiger partial charge in [-0.05, 0) is 80.4 Å². The molecule has 0 aliphatic carbocycles. The molecule has 2 aliphatic rings. The summed E-state index contributed by atoms with van der Waals surface area (Å²) >= 11 is 4.27. The number of aromatic amines is 1. The third-order valence-electron chi connectivity index (χ3n) is 8.32. The Labute approximate surface area is 295 Å². The third-order valence-corrected chi connectivity index (χ3v) is 8.60. The monoisotopic (exact) mass is 674 g/mol. The lowest BCUT2D eigenvalue weighted by atomic mass is 9.81. The highest BCUT2D eigenvalue weighted by molar-refractivity contribution is 7.83. The number of methoxy groups -OCH3 is 1. The Morgan fingerprint density at radius 3 is 2.46 bits per heavy atom. The van der Waals surface area contributed by atoms with Gasteiger partial charge in [0.1, 0.15) is 12.5 Å². The van der Waals surface area contributed by atoms with Gasteiger partial charge in [-0.2, -0.15) is 17.7 Å². The molecule has 0 amide bonds. The highest BCUT2D eigenvalue weighted by Gasteiger charge is 2.35. The summed E-state index contributed by atoms with van der Waals surface area (Å²) in [6, 6.07) is 11.8. The average molecular weight is 675 g/mol. The molecule has 0 bridgehead atoms. The van der Waals surface area contributed by atoms with Gasteiger partial charge in [0.15, 0.2) is 0 Å². The molecule has 1 saturated heterocycles. The summed E-state index contributed by atoms with van der Waals surface area (Å²) < 4.78 is 5.12. The third kappa shape index (κ3) is 12.3. The van der Waals surface area contributed by atoms with Crippen LogP contribution in [0.5, 0.6) is 5.88 Å². The molecule has 48 heavy (non-hydrogen) atoms. The van der Waals surface area contributed by atoms with Crippen molar-refractivity contribution in [2.45, 2.75) is 46.5 Å². The van der Waals surface area contributed by atoms with Crippen LogP contribution < -0.4 is 10.1 Å². The van der Waals surface area contributed by atoms with Crippen LogP contribution in [-0.4, -0.2) is 85.7 Å². The number of para-hydroxylation sites is 1. The lowest BCUT2D eigenvalue weighted by Gasteiger charge is -2.33. The fourth-order valence-electron chi connectivity index (χ4n) is 5.76. The first kappa shape index (κ1) is 42.1. The minimum atomic E-state index is 0.438. The normalized spacial score (nSPS) is 17.1. The zero-order valence-electron chi connectivity index (χ0n) is 30.1. The number of carbonyl (C=O) groups is 1. The van der Waals surface area contributed by atoms with Crippen LogP contribution in [0.3, 0.4) is 0 Å². The molecule has 1 unspecified atom stereocenters. The van der Waals surface area contributed by atoms with Crippen LogP contribution in [0.2, 0.25) is 0 Å². The van der Waals surface area contributed by atoms with E-state index in [1.807, 2.05) is 82.6 Å². The van der Waals surface area contributed by atoms with Crippen LogP contribution in [0.1, 0.15) is 46.5 Å². The van der Waals surface area contributed by atoms with E-state index in [0.717, 1.165) is 60.2 Å². The van der Waals surface area contributed by atoms with Crippen molar-refractivity contribution in [3.05, 3.63) is 103 Å². The number of fused-ring (bicyclic) bond motifs is 1. The Balaban J connectivity index is 0.000000418. The number of ether oxygens (including phenoxy) is 1.